The van der Waals surface area contributed by atoms with Crippen LogP contribution in [0.15, 0.2) is 48.8 Å². The highest BCUT2D eigenvalue weighted by Gasteiger charge is 2.14. The van der Waals surface area contributed by atoms with Crippen molar-refractivity contribution in [3.8, 4) is 5.75 Å². The lowest BCUT2D eigenvalue weighted by Gasteiger charge is -2.05. The Bertz CT molecular complexity index is 825. The summed E-state index contributed by atoms with van der Waals surface area (Å²) in [5.74, 6) is 1.21. The second-order valence-electron chi connectivity index (χ2n) is 5.29. The van der Waals surface area contributed by atoms with Gasteiger partial charge in [0.1, 0.15) is 17.1 Å². The molecule has 5 heteroatoms. The molecule has 23 heavy (non-hydrogen) atoms. The number of carbonyl (C=O) groups excluding carboxylic acids is 1. The lowest BCUT2D eigenvalue weighted by molar-refractivity contribution is 0.103. The van der Waals surface area contributed by atoms with Crippen LogP contribution in [0, 0.1) is 6.92 Å². The van der Waals surface area contributed by atoms with E-state index in [4.69, 9.17) is 16.3 Å². The Balaban J connectivity index is 1.80. The molecule has 0 saturated heterocycles. The zero-order valence-electron chi connectivity index (χ0n) is 12.8. The molecular formula is C18H17ClN2O2. The van der Waals surface area contributed by atoms with Crippen LogP contribution in [0.2, 0.25) is 0 Å². The van der Waals surface area contributed by atoms with Crippen LogP contribution in [0.4, 0.5) is 0 Å². The largest absolute Gasteiger partial charge is 0.494 e. The van der Waals surface area contributed by atoms with Crippen molar-refractivity contribution in [3.63, 3.8) is 0 Å². The molecule has 0 saturated carbocycles. The van der Waals surface area contributed by atoms with E-state index >= 15 is 0 Å². The average Bonchev–Trinajstić information content (AvgIpc) is 3.01. The minimum Gasteiger partial charge on any atom is -0.494 e. The van der Waals surface area contributed by atoms with Gasteiger partial charge in [0.2, 0.25) is 5.78 Å². The number of aromatic nitrogens is 2. The van der Waals surface area contributed by atoms with Gasteiger partial charge in [0, 0.05) is 23.8 Å². The number of ether oxygens (including phenoxy) is 1. The number of benzene rings is 1. The number of aryl methyl sites for hydroxylation is 1. The van der Waals surface area contributed by atoms with Crippen LogP contribution in [0.3, 0.4) is 0 Å². The minimum atomic E-state index is -0.0968. The quantitative estimate of drug-likeness (QED) is 0.392. The molecule has 0 aliphatic heterocycles. The highest BCUT2D eigenvalue weighted by atomic mass is 35.5. The van der Waals surface area contributed by atoms with Gasteiger partial charge in [0.15, 0.2) is 0 Å². The van der Waals surface area contributed by atoms with Gasteiger partial charge in [-0.05, 0) is 49.2 Å². The van der Waals surface area contributed by atoms with E-state index < -0.39 is 0 Å². The van der Waals surface area contributed by atoms with Crippen molar-refractivity contribution >= 4 is 23.0 Å². The van der Waals surface area contributed by atoms with E-state index in [9.17, 15) is 4.79 Å². The monoisotopic (exact) mass is 328 g/mol. The van der Waals surface area contributed by atoms with Crippen LogP contribution in [-0.2, 0) is 0 Å². The lowest BCUT2D eigenvalue weighted by Crippen LogP contribution is -2.02. The number of rotatable bonds is 6. The molecule has 2 heterocycles. The summed E-state index contributed by atoms with van der Waals surface area (Å²) in [6.07, 6.45) is 4.44. The fraction of sp³-hybridized carbons (Fsp3) is 0.222. The highest BCUT2D eigenvalue weighted by Crippen LogP contribution is 2.17. The number of fused-ring (bicyclic) bond motifs is 1. The predicted octanol–water partition coefficient (Wildman–Crippen LogP) is 3.88. The fourth-order valence-corrected chi connectivity index (χ4v) is 2.47. The van der Waals surface area contributed by atoms with Crippen molar-refractivity contribution in [2.45, 2.75) is 13.3 Å². The number of alkyl halides is 1. The van der Waals surface area contributed by atoms with Gasteiger partial charge in [0.05, 0.1) is 6.61 Å². The van der Waals surface area contributed by atoms with Gasteiger partial charge >= 0.3 is 0 Å². The summed E-state index contributed by atoms with van der Waals surface area (Å²) < 4.78 is 7.40. The summed E-state index contributed by atoms with van der Waals surface area (Å²) in [5.41, 5.74) is 2.87. The number of pyridine rings is 1. The SMILES string of the molecule is Cc1cccn2cc(C(=O)c3ccc(OCCCCl)cc3)nc12. The summed E-state index contributed by atoms with van der Waals surface area (Å²) >= 11 is 5.61. The van der Waals surface area contributed by atoms with Crippen molar-refractivity contribution in [1.82, 2.24) is 9.38 Å². The predicted molar refractivity (Wildman–Crippen MR) is 90.6 cm³/mol. The third kappa shape index (κ3) is 3.37. The molecule has 0 aliphatic carbocycles. The number of ketones is 1. The van der Waals surface area contributed by atoms with Crippen molar-refractivity contribution in [2.24, 2.45) is 0 Å². The van der Waals surface area contributed by atoms with Crippen LogP contribution < -0.4 is 4.74 Å². The molecule has 1 aromatic carbocycles. The maximum Gasteiger partial charge on any atom is 0.212 e. The van der Waals surface area contributed by atoms with Crippen LogP contribution in [0.5, 0.6) is 5.75 Å². The second-order valence-corrected chi connectivity index (χ2v) is 5.67. The summed E-state index contributed by atoms with van der Waals surface area (Å²) in [7, 11) is 0. The normalized spacial score (nSPS) is 10.9. The molecule has 0 spiro atoms. The summed E-state index contributed by atoms with van der Waals surface area (Å²) in [4.78, 5) is 17.0. The third-order valence-electron chi connectivity index (χ3n) is 3.57. The van der Waals surface area contributed by atoms with Crippen LogP contribution in [0.1, 0.15) is 28.0 Å². The van der Waals surface area contributed by atoms with Crippen molar-refractivity contribution in [1.29, 1.82) is 0 Å². The smallest absolute Gasteiger partial charge is 0.212 e. The molecule has 0 bridgehead atoms. The van der Waals surface area contributed by atoms with Gasteiger partial charge in [-0.1, -0.05) is 6.07 Å². The van der Waals surface area contributed by atoms with Gasteiger partial charge in [-0.15, -0.1) is 11.6 Å². The van der Waals surface area contributed by atoms with Gasteiger partial charge in [0.25, 0.3) is 0 Å². The first-order valence-electron chi connectivity index (χ1n) is 7.47. The van der Waals surface area contributed by atoms with Crippen molar-refractivity contribution < 1.29 is 9.53 Å². The number of hydrogen-bond donors (Lipinski definition) is 0. The Morgan fingerprint density at radius 1 is 1.26 bits per heavy atom. The maximum absolute atomic E-state index is 12.6. The average molecular weight is 329 g/mol. The fourth-order valence-electron chi connectivity index (χ4n) is 2.36. The lowest BCUT2D eigenvalue weighted by atomic mass is 10.1. The third-order valence-corrected chi connectivity index (χ3v) is 3.84. The summed E-state index contributed by atoms with van der Waals surface area (Å²) in [6, 6.07) is 11.0. The Morgan fingerprint density at radius 2 is 2.04 bits per heavy atom. The highest BCUT2D eigenvalue weighted by molar-refractivity contribution is 6.17. The number of carbonyl (C=O) groups is 1. The number of halogens is 1. The molecule has 0 aliphatic rings. The van der Waals surface area contributed by atoms with Crippen molar-refractivity contribution in [3.05, 3.63) is 65.6 Å². The Kier molecular flexibility index (Phi) is 4.63. The first kappa shape index (κ1) is 15.6. The Hall–Kier alpha value is -2.33. The molecular weight excluding hydrogens is 312 g/mol. The first-order chi connectivity index (χ1) is 11.2. The minimum absolute atomic E-state index is 0.0968. The molecule has 2 aromatic heterocycles. The maximum atomic E-state index is 12.6. The Morgan fingerprint density at radius 3 is 2.74 bits per heavy atom. The summed E-state index contributed by atoms with van der Waals surface area (Å²) in [5, 5.41) is 0. The van der Waals surface area contributed by atoms with E-state index in [2.05, 4.69) is 4.98 Å². The topological polar surface area (TPSA) is 43.6 Å². The van der Waals surface area contributed by atoms with Gasteiger partial charge < -0.3 is 9.14 Å². The van der Waals surface area contributed by atoms with Gasteiger partial charge in [-0.3, -0.25) is 4.79 Å². The van der Waals surface area contributed by atoms with Crippen LogP contribution >= 0.6 is 11.6 Å². The molecule has 0 amide bonds. The number of hydrogen-bond acceptors (Lipinski definition) is 3. The van der Waals surface area contributed by atoms with E-state index in [0.717, 1.165) is 23.4 Å². The number of nitrogens with zero attached hydrogens (tertiary/aromatic N) is 2. The van der Waals surface area contributed by atoms with E-state index in [1.54, 1.807) is 30.5 Å². The summed E-state index contributed by atoms with van der Waals surface area (Å²) in [6.45, 7) is 2.55. The molecule has 0 N–H and O–H groups in total. The van der Waals surface area contributed by atoms with Gasteiger partial charge in [-0.25, -0.2) is 4.98 Å². The molecule has 0 fully saturated rings. The van der Waals surface area contributed by atoms with Crippen LogP contribution in [-0.4, -0.2) is 27.7 Å². The molecule has 0 atom stereocenters. The van der Waals surface area contributed by atoms with E-state index in [0.29, 0.717) is 23.7 Å². The second kappa shape index (κ2) is 6.84. The van der Waals surface area contributed by atoms with Crippen molar-refractivity contribution in [2.75, 3.05) is 12.5 Å². The molecule has 118 valence electrons. The zero-order chi connectivity index (χ0) is 16.2. The van der Waals surface area contributed by atoms with Crippen LogP contribution in [0.25, 0.3) is 5.65 Å². The molecule has 0 unspecified atom stereocenters. The number of imidazole rings is 1. The Labute approximate surface area is 139 Å². The zero-order valence-corrected chi connectivity index (χ0v) is 13.6. The standard InChI is InChI=1S/C18H17ClN2O2/c1-13-4-2-10-21-12-16(20-18(13)21)17(22)14-5-7-15(8-6-14)23-11-3-9-19/h2,4-8,10,12H,3,9,11H2,1H3. The molecule has 4 nitrogen and oxygen atoms in total. The first-order valence-corrected chi connectivity index (χ1v) is 8.00. The molecule has 0 radical (unpaired) electrons. The van der Waals surface area contributed by atoms with Gasteiger partial charge in [-0.2, -0.15) is 0 Å². The molecule has 3 rings (SSSR count). The van der Waals surface area contributed by atoms with E-state index in [1.807, 2.05) is 29.7 Å². The van der Waals surface area contributed by atoms with E-state index in [-0.39, 0.29) is 5.78 Å². The molecule has 3 aromatic rings. The van der Waals surface area contributed by atoms with E-state index in [1.165, 1.54) is 0 Å².